The van der Waals surface area contributed by atoms with Gasteiger partial charge >= 0.3 is 5.97 Å². The Balaban J connectivity index is 2.38. The Morgan fingerprint density at radius 3 is 2.38 bits per heavy atom. The van der Waals surface area contributed by atoms with Crippen LogP contribution in [0.15, 0.2) is 42.5 Å². The number of carbonyl (C=O) groups excluding carboxylic acids is 2. The van der Waals surface area contributed by atoms with Crippen molar-refractivity contribution in [2.24, 2.45) is 0 Å². The Labute approximate surface area is 139 Å². The number of benzene rings is 2. The van der Waals surface area contributed by atoms with E-state index in [1.165, 1.54) is 50.6 Å². The highest BCUT2D eigenvalue weighted by Gasteiger charge is 2.16. The third kappa shape index (κ3) is 4.39. The molecule has 0 saturated carbocycles. The molecule has 0 amide bonds. The summed E-state index contributed by atoms with van der Waals surface area (Å²) in [5.74, 6) is -1.20. The van der Waals surface area contributed by atoms with Crippen molar-refractivity contribution in [2.45, 2.75) is 0 Å². The summed E-state index contributed by atoms with van der Waals surface area (Å²) < 4.78 is 28.4. The predicted octanol–water partition coefficient (Wildman–Crippen LogP) is 2.87. The summed E-state index contributed by atoms with van der Waals surface area (Å²) in [5, 5.41) is 0. The fourth-order valence-electron chi connectivity index (χ4n) is 2.09. The zero-order valence-corrected chi connectivity index (χ0v) is 13.4. The molecule has 0 saturated heterocycles. The van der Waals surface area contributed by atoms with Crippen LogP contribution in [0.25, 0.3) is 0 Å². The van der Waals surface area contributed by atoms with E-state index in [1.807, 2.05) is 0 Å². The largest absolute Gasteiger partial charge is 0.491 e. The van der Waals surface area contributed by atoms with Crippen molar-refractivity contribution in [3.8, 4) is 5.75 Å². The highest BCUT2D eigenvalue weighted by atomic mass is 19.1. The van der Waals surface area contributed by atoms with Gasteiger partial charge in [-0.25, -0.2) is 9.18 Å². The van der Waals surface area contributed by atoms with Gasteiger partial charge in [-0.05, 0) is 30.3 Å². The Kier molecular flexibility index (Phi) is 6.03. The monoisotopic (exact) mass is 332 g/mol. The maximum atomic E-state index is 13.3. The molecule has 5 nitrogen and oxygen atoms in total. The number of hydrogen-bond acceptors (Lipinski definition) is 5. The molecular weight excluding hydrogens is 315 g/mol. The van der Waals surface area contributed by atoms with E-state index in [0.717, 1.165) is 6.07 Å². The third-order valence-electron chi connectivity index (χ3n) is 3.23. The molecule has 0 radical (unpaired) electrons. The lowest BCUT2D eigenvalue weighted by atomic mass is 10.0. The summed E-state index contributed by atoms with van der Waals surface area (Å²) in [6, 6.07) is 9.70. The first-order valence-corrected chi connectivity index (χ1v) is 7.20. The van der Waals surface area contributed by atoms with E-state index in [0.29, 0.717) is 12.4 Å². The maximum Gasteiger partial charge on any atom is 0.338 e. The lowest BCUT2D eigenvalue weighted by Gasteiger charge is -2.10. The second-order valence-corrected chi connectivity index (χ2v) is 4.92. The Morgan fingerprint density at radius 1 is 0.958 bits per heavy atom. The van der Waals surface area contributed by atoms with Gasteiger partial charge < -0.3 is 14.2 Å². The van der Waals surface area contributed by atoms with Gasteiger partial charge in [-0.2, -0.15) is 0 Å². The second-order valence-electron chi connectivity index (χ2n) is 4.92. The van der Waals surface area contributed by atoms with Crippen LogP contribution in [0.2, 0.25) is 0 Å². The molecule has 0 atom stereocenters. The molecule has 0 aliphatic rings. The van der Waals surface area contributed by atoms with Gasteiger partial charge in [0.15, 0.2) is 5.78 Å². The van der Waals surface area contributed by atoms with E-state index in [9.17, 15) is 14.0 Å². The van der Waals surface area contributed by atoms with Crippen LogP contribution in [0, 0.1) is 5.82 Å². The third-order valence-corrected chi connectivity index (χ3v) is 3.23. The lowest BCUT2D eigenvalue weighted by Crippen LogP contribution is -2.09. The number of ether oxygens (including phenoxy) is 3. The van der Waals surface area contributed by atoms with E-state index >= 15 is 0 Å². The van der Waals surface area contributed by atoms with Crippen LogP contribution in [0.3, 0.4) is 0 Å². The molecule has 0 bridgehead atoms. The number of methoxy groups -OCH3 is 2. The quantitative estimate of drug-likeness (QED) is 0.443. The topological polar surface area (TPSA) is 61.8 Å². The van der Waals surface area contributed by atoms with Crippen LogP contribution in [-0.2, 0) is 9.47 Å². The van der Waals surface area contributed by atoms with Gasteiger partial charge in [-0.3, -0.25) is 4.79 Å². The van der Waals surface area contributed by atoms with Gasteiger partial charge in [0.05, 0.1) is 19.3 Å². The Bertz CT molecular complexity index is 742. The van der Waals surface area contributed by atoms with E-state index in [4.69, 9.17) is 9.47 Å². The number of carbonyl (C=O) groups is 2. The molecule has 0 heterocycles. The van der Waals surface area contributed by atoms with Crippen molar-refractivity contribution in [1.29, 1.82) is 0 Å². The average Bonchev–Trinajstić information content (AvgIpc) is 2.60. The fraction of sp³-hybridized carbons (Fsp3) is 0.222. The van der Waals surface area contributed by atoms with Gasteiger partial charge in [0.25, 0.3) is 0 Å². The minimum absolute atomic E-state index is 0.173. The average molecular weight is 332 g/mol. The van der Waals surface area contributed by atoms with E-state index in [2.05, 4.69) is 4.74 Å². The summed E-state index contributed by atoms with van der Waals surface area (Å²) >= 11 is 0. The molecule has 2 rings (SSSR count). The van der Waals surface area contributed by atoms with Crippen LogP contribution in [-0.4, -0.2) is 39.2 Å². The zero-order valence-electron chi connectivity index (χ0n) is 13.4. The molecule has 2 aromatic carbocycles. The van der Waals surface area contributed by atoms with Gasteiger partial charge in [0.2, 0.25) is 0 Å². The van der Waals surface area contributed by atoms with Crippen molar-refractivity contribution >= 4 is 11.8 Å². The van der Waals surface area contributed by atoms with Gasteiger partial charge in [0.1, 0.15) is 18.2 Å². The van der Waals surface area contributed by atoms with Gasteiger partial charge in [-0.1, -0.05) is 12.1 Å². The molecule has 0 aliphatic heterocycles. The first-order chi connectivity index (χ1) is 11.5. The van der Waals surface area contributed by atoms with Crippen LogP contribution < -0.4 is 4.74 Å². The van der Waals surface area contributed by atoms with Gasteiger partial charge in [0, 0.05) is 18.2 Å². The summed E-state index contributed by atoms with van der Waals surface area (Å²) in [6.07, 6.45) is 0. The predicted molar refractivity (Wildman–Crippen MR) is 85.0 cm³/mol. The molecule has 0 spiro atoms. The van der Waals surface area contributed by atoms with E-state index < -0.39 is 17.6 Å². The van der Waals surface area contributed by atoms with Crippen molar-refractivity contribution in [3.05, 3.63) is 65.0 Å². The number of ketones is 1. The lowest BCUT2D eigenvalue weighted by molar-refractivity contribution is 0.0600. The van der Waals surface area contributed by atoms with Crippen molar-refractivity contribution in [3.63, 3.8) is 0 Å². The summed E-state index contributed by atoms with van der Waals surface area (Å²) in [6.45, 7) is 0.615. The van der Waals surface area contributed by atoms with E-state index in [1.54, 1.807) is 0 Å². The second kappa shape index (κ2) is 8.21. The molecule has 0 aliphatic carbocycles. The van der Waals surface area contributed by atoms with Crippen LogP contribution in [0.5, 0.6) is 5.75 Å². The molecule has 24 heavy (non-hydrogen) atoms. The highest BCUT2D eigenvalue weighted by molar-refractivity contribution is 6.10. The minimum Gasteiger partial charge on any atom is -0.491 e. The molecule has 6 heteroatoms. The zero-order chi connectivity index (χ0) is 17.5. The van der Waals surface area contributed by atoms with Gasteiger partial charge in [-0.15, -0.1) is 0 Å². The number of halogens is 1. The first-order valence-electron chi connectivity index (χ1n) is 7.20. The number of esters is 1. The smallest absolute Gasteiger partial charge is 0.338 e. The number of rotatable bonds is 7. The van der Waals surface area contributed by atoms with Crippen molar-refractivity contribution in [2.75, 3.05) is 27.4 Å². The molecule has 0 aromatic heterocycles. The SMILES string of the molecule is COCCOc1cc(C(=O)OC)cc(C(=O)c2cccc(F)c2)c1. The maximum absolute atomic E-state index is 13.3. The summed E-state index contributed by atoms with van der Waals surface area (Å²) in [4.78, 5) is 24.3. The fourth-order valence-corrected chi connectivity index (χ4v) is 2.09. The van der Waals surface area contributed by atoms with Crippen molar-refractivity contribution in [1.82, 2.24) is 0 Å². The highest BCUT2D eigenvalue weighted by Crippen LogP contribution is 2.21. The molecule has 0 N–H and O–H groups in total. The molecule has 2 aromatic rings. The molecule has 0 fully saturated rings. The Morgan fingerprint density at radius 2 is 1.71 bits per heavy atom. The van der Waals surface area contributed by atoms with E-state index in [-0.39, 0.29) is 23.3 Å². The van der Waals surface area contributed by atoms with Crippen LogP contribution in [0.4, 0.5) is 4.39 Å². The normalized spacial score (nSPS) is 10.3. The first kappa shape index (κ1) is 17.6. The van der Waals surface area contributed by atoms with Crippen LogP contribution in [0.1, 0.15) is 26.3 Å². The summed E-state index contributed by atoms with van der Waals surface area (Å²) in [5.41, 5.74) is 0.558. The minimum atomic E-state index is -0.597. The standard InChI is InChI=1S/C18H17FO5/c1-22-6-7-24-16-10-13(8-14(11-16)18(21)23-2)17(20)12-4-3-5-15(19)9-12/h3-5,8-11H,6-7H2,1-2H3. The van der Waals surface area contributed by atoms with Crippen LogP contribution >= 0.6 is 0 Å². The number of hydrogen-bond donors (Lipinski definition) is 0. The molecule has 126 valence electrons. The summed E-state index contributed by atoms with van der Waals surface area (Å²) in [7, 11) is 2.78. The molecular formula is C18H17FO5. The molecule has 0 unspecified atom stereocenters. The van der Waals surface area contributed by atoms with Crippen molar-refractivity contribution < 1.29 is 28.2 Å². The Hall–Kier alpha value is -2.73.